The summed E-state index contributed by atoms with van der Waals surface area (Å²) in [4.78, 5) is 13.6. The van der Waals surface area contributed by atoms with E-state index in [1.807, 2.05) is 30.3 Å². The minimum atomic E-state index is -0.452. The largest absolute Gasteiger partial charge is 0.871 e. The van der Waals surface area contributed by atoms with Crippen LogP contribution in [0.15, 0.2) is 51.7 Å². The molecule has 0 aliphatic carbocycles. The Balaban J connectivity index is 1.87. The van der Waals surface area contributed by atoms with Gasteiger partial charge in [0, 0.05) is 22.0 Å². The molecular weight excluding hydrogens is 362 g/mol. The maximum atomic E-state index is 12.8. The summed E-state index contributed by atoms with van der Waals surface area (Å²) in [6, 6.07) is 12.7. The van der Waals surface area contributed by atoms with E-state index in [0.717, 1.165) is 43.0 Å². The van der Waals surface area contributed by atoms with Gasteiger partial charge in [-0.3, -0.25) is 0 Å². The zero-order chi connectivity index (χ0) is 19.0. The molecule has 27 heavy (non-hydrogen) atoms. The number of hydrogen-bond acceptors (Lipinski definition) is 3. The highest BCUT2D eigenvalue weighted by molar-refractivity contribution is 6.33. The molecular formula is C22H22ClNO3. The molecule has 0 atom stereocenters. The number of rotatable bonds is 3. The first-order valence-corrected chi connectivity index (χ1v) is 9.76. The number of likely N-dealkylation sites (tertiary alicyclic amines) is 1. The van der Waals surface area contributed by atoms with Crippen molar-refractivity contribution in [3.8, 4) is 16.9 Å². The van der Waals surface area contributed by atoms with Crippen LogP contribution in [0.1, 0.15) is 25.3 Å². The third-order valence-corrected chi connectivity index (χ3v) is 5.81. The minimum absolute atomic E-state index is 0.174. The zero-order valence-electron chi connectivity index (χ0n) is 15.3. The van der Waals surface area contributed by atoms with Gasteiger partial charge in [0.15, 0.2) is 0 Å². The van der Waals surface area contributed by atoms with Crippen LogP contribution in [0.5, 0.6) is 5.75 Å². The lowest BCUT2D eigenvalue weighted by Crippen LogP contribution is -3.11. The van der Waals surface area contributed by atoms with E-state index in [4.69, 9.17) is 16.0 Å². The highest BCUT2D eigenvalue weighted by Crippen LogP contribution is 2.36. The number of nitrogens with one attached hydrogen (secondary N) is 1. The normalized spacial score (nSPS) is 20.1. The van der Waals surface area contributed by atoms with E-state index in [-0.39, 0.29) is 10.8 Å². The predicted molar refractivity (Wildman–Crippen MR) is 105 cm³/mol. The molecule has 1 fully saturated rings. The van der Waals surface area contributed by atoms with Gasteiger partial charge in [0.25, 0.3) is 0 Å². The van der Waals surface area contributed by atoms with Crippen LogP contribution in [0.3, 0.4) is 0 Å². The first-order chi connectivity index (χ1) is 13.0. The Kier molecular flexibility index (Phi) is 4.94. The van der Waals surface area contributed by atoms with Crippen LogP contribution < -0.4 is 15.6 Å². The van der Waals surface area contributed by atoms with Crippen molar-refractivity contribution in [2.45, 2.75) is 26.3 Å². The maximum Gasteiger partial charge on any atom is 0.336 e. The standard InChI is InChI=1S/C22H22ClNO3/c1-14-7-9-24(10-8-14)13-18-21(26)19(23)11-17-16(12-20(25)27-22(17)18)15-5-3-2-4-6-15/h2-6,11-12,14,26H,7-10,13H2,1H3. The number of fused-ring (bicyclic) bond motifs is 1. The van der Waals surface area contributed by atoms with Crippen molar-refractivity contribution >= 4 is 22.6 Å². The van der Waals surface area contributed by atoms with Crippen LogP contribution in [0.4, 0.5) is 0 Å². The van der Waals surface area contributed by atoms with Gasteiger partial charge in [-0.05, 0) is 36.0 Å². The average molecular weight is 384 g/mol. The molecule has 0 unspecified atom stereocenters. The van der Waals surface area contributed by atoms with Gasteiger partial charge < -0.3 is 14.4 Å². The number of piperidine rings is 1. The van der Waals surface area contributed by atoms with E-state index in [9.17, 15) is 9.90 Å². The van der Waals surface area contributed by atoms with Crippen molar-refractivity contribution in [3.63, 3.8) is 0 Å². The van der Waals surface area contributed by atoms with Gasteiger partial charge in [-0.25, -0.2) is 4.79 Å². The van der Waals surface area contributed by atoms with Gasteiger partial charge in [0.1, 0.15) is 12.1 Å². The summed E-state index contributed by atoms with van der Waals surface area (Å²) in [5.74, 6) is 0.489. The molecule has 0 spiro atoms. The molecule has 0 radical (unpaired) electrons. The lowest BCUT2D eigenvalue weighted by atomic mass is 9.97. The average Bonchev–Trinajstić information content (AvgIpc) is 2.68. The molecule has 2 heterocycles. The molecule has 0 saturated carbocycles. The molecule has 1 aliphatic rings. The third kappa shape index (κ3) is 3.60. The summed E-state index contributed by atoms with van der Waals surface area (Å²) in [7, 11) is 0. The second-order valence-corrected chi connectivity index (χ2v) is 7.90. The lowest BCUT2D eigenvalue weighted by Gasteiger charge is -2.29. The summed E-state index contributed by atoms with van der Waals surface area (Å²) < 4.78 is 5.53. The summed E-state index contributed by atoms with van der Waals surface area (Å²) in [5, 5.41) is 13.7. The van der Waals surface area contributed by atoms with E-state index in [2.05, 4.69) is 6.92 Å². The highest BCUT2D eigenvalue weighted by Gasteiger charge is 2.22. The third-order valence-electron chi connectivity index (χ3n) is 5.53. The molecule has 140 valence electrons. The van der Waals surface area contributed by atoms with E-state index >= 15 is 0 Å². The molecule has 1 saturated heterocycles. The summed E-state index contributed by atoms with van der Waals surface area (Å²) >= 11 is 6.29. The van der Waals surface area contributed by atoms with Gasteiger partial charge in [-0.2, -0.15) is 0 Å². The molecule has 1 aliphatic heterocycles. The van der Waals surface area contributed by atoms with Gasteiger partial charge in [0.2, 0.25) is 0 Å². The number of hydrogen-bond donors (Lipinski definition) is 1. The Hall–Kier alpha value is -2.30. The molecule has 1 N–H and O–H groups in total. The Bertz CT molecular complexity index is 1020. The van der Waals surface area contributed by atoms with Gasteiger partial charge in [-0.15, -0.1) is 0 Å². The van der Waals surface area contributed by atoms with E-state index in [1.54, 1.807) is 6.07 Å². The van der Waals surface area contributed by atoms with Gasteiger partial charge in [0.05, 0.1) is 13.1 Å². The Labute approximate surface area is 163 Å². The Morgan fingerprint density at radius 2 is 1.89 bits per heavy atom. The summed E-state index contributed by atoms with van der Waals surface area (Å²) in [6.45, 7) is 4.81. The van der Waals surface area contributed by atoms with E-state index < -0.39 is 5.63 Å². The van der Waals surface area contributed by atoms with Crippen LogP contribution >= 0.6 is 11.6 Å². The van der Waals surface area contributed by atoms with Crippen molar-refractivity contribution in [2.75, 3.05) is 13.1 Å². The van der Waals surface area contributed by atoms with Crippen molar-refractivity contribution in [1.29, 1.82) is 0 Å². The fourth-order valence-electron chi connectivity index (χ4n) is 3.92. The lowest BCUT2D eigenvalue weighted by molar-refractivity contribution is -0.919. The quantitative estimate of drug-likeness (QED) is 0.707. The smallest absolute Gasteiger partial charge is 0.336 e. The monoisotopic (exact) mass is 383 g/mol. The van der Waals surface area contributed by atoms with Crippen LogP contribution in [0.2, 0.25) is 5.02 Å². The highest BCUT2D eigenvalue weighted by atomic mass is 35.5. The van der Waals surface area contributed by atoms with Crippen LogP contribution in [0, 0.1) is 5.92 Å². The predicted octanol–water partition coefficient (Wildman–Crippen LogP) is 3.00. The van der Waals surface area contributed by atoms with E-state index in [1.165, 1.54) is 11.0 Å². The van der Waals surface area contributed by atoms with Gasteiger partial charge in [-0.1, -0.05) is 54.6 Å². The number of benzene rings is 2. The topological polar surface area (TPSA) is 57.7 Å². The van der Waals surface area contributed by atoms with Crippen molar-refractivity contribution in [1.82, 2.24) is 0 Å². The zero-order valence-corrected chi connectivity index (χ0v) is 16.0. The van der Waals surface area contributed by atoms with Crippen molar-refractivity contribution < 1.29 is 14.4 Å². The molecule has 4 nitrogen and oxygen atoms in total. The van der Waals surface area contributed by atoms with Crippen molar-refractivity contribution in [2.24, 2.45) is 5.92 Å². The molecule has 1 aromatic heterocycles. The SMILES string of the molecule is CC1CC[NH+](Cc2c([O-])c(Cl)cc3c(-c4ccccc4)cc(=O)oc23)CC1. The molecule has 5 heteroatoms. The number of quaternary nitrogens is 1. The van der Waals surface area contributed by atoms with Crippen molar-refractivity contribution in [3.05, 3.63) is 63.5 Å². The summed E-state index contributed by atoms with van der Waals surface area (Å²) in [6.07, 6.45) is 2.28. The molecule has 0 bridgehead atoms. The molecule has 0 amide bonds. The minimum Gasteiger partial charge on any atom is -0.871 e. The first-order valence-electron chi connectivity index (χ1n) is 9.38. The van der Waals surface area contributed by atoms with E-state index in [0.29, 0.717) is 23.1 Å². The van der Waals surface area contributed by atoms with Crippen LogP contribution in [0.25, 0.3) is 22.1 Å². The van der Waals surface area contributed by atoms with Crippen LogP contribution in [-0.2, 0) is 6.54 Å². The van der Waals surface area contributed by atoms with Gasteiger partial charge >= 0.3 is 5.63 Å². The van der Waals surface area contributed by atoms with Crippen LogP contribution in [-0.4, -0.2) is 13.1 Å². The fourth-order valence-corrected chi connectivity index (χ4v) is 4.15. The second-order valence-electron chi connectivity index (χ2n) is 7.50. The Morgan fingerprint density at radius 3 is 2.59 bits per heavy atom. The molecule has 3 aromatic rings. The maximum absolute atomic E-state index is 12.8. The Morgan fingerprint density at radius 1 is 1.19 bits per heavy atom. The first kappa shape index (κ1) is 18.1. The fraction of sp³-hybridized carbons (Fsp3) is 0.318. The summed E-state index contributed by atoms with van der Waals surface area (Å²) in [5.41, 5.74) is 2.08. The number of halogens is 1. The second kappa shape index (κ2) is 7.37. The molecule has 2 aromatic carbocycles. The molecule has 4 rings (SSSR count).